The topological polar surface area (TPSA) is 72.5 Å². The van der Waals surface area contributed by atoms with Gasteiger partial charge < -0.3 is 4.42 Å². The molecule has 1 saturated heterocycles. The molecule has 3 rings (SSSR count). The van der Waals surface area contributed by atoms with Crippen molar-refractivity contribution in [3.63, 3.8) is 0 Å². The summed E-state index contributed by atoms with van der Waals surface area (Å²) < 4.78 is 31.0. The zero-order chi connectivity index (χ0) is 13.5. The molecule has 1 aliphatic rings. The minimum atomic E-state index is -3.17. The zero-order valence-corrected chi connectivity index (χ0v) is 10.8. The molecule has 6 nitrogen and oxygen atoms in total. The minimum absolute atomic E-state index is 0.190. The lowest BCUT2D eigenvalue weighted by atomic mass is 10.2. The van der Waals surface area contributed by atoms with Crippen LogP contribution in [-0.2, 0) is 10.0 Å². The van der Waals surface area contributed by atoms with Gasteiger partial charge in [0.2, 0.25) is 10.0 Å². The number of nitrogens with zero attached hydrogens (tertiary/aromatic N) is 2. The van der Waals surface area contributed by atoms with E-state index >= 15 is 0 Å². The minimum Gasteiger partial charge on any atom is -0.416 e. The highest BCUT2D eigenvalue weighted by molar-refractivity contribution is 7.93. The first kappa shape index (κ1) is 12.0. The van der Waals surface area contributed by atoms with Gasteiger partial charge in [0.05, 0.1) is 23.3 Å². The van der Waals surface area contributed by atoms with Gasteiger partial charge in [-0.3, -0.25) is 4.31 Å². The molecule has 0 N–H and O–H groups in total. The Kier molecular flexibility index (Phi) is 2.70. The van der Waals surface area contributed by atoms with E-state index in [0.717, 1.165) is 0 Å². The lowest BCUT2D eigenvalue weighted by Gasteiger charge is -2.16. The fourth-order valence-electron chi connectivity index (χ4n) is 2.17. The first-order valence-electron chi connectivity index (χ1n) is 5.85. The Balaban J connectivity index is 1.96. The molecule has 1 aliphatic heterocycles. The lowest BCUT2D eigenvalue weighted by Crippen LogP contribution is -2.25. The van der Waals surface area contributed by atoms with Gasteiger partial charge in [0.25, 0.3) is 0 Å². The van der Waals surface area contributed by atoms with E-state index in [0.29, 0.717) is 24.3 Å². The van der Waals surface area contributed by atoms with Crippen LogP contribution >= 0.6 is 0 Å². The van der Waals surface area contributed by atoms with Gasteiger partial charge in [-0.05, 0) is 30.7 Å². The predicted octanol–water partition coefficient (Wildman–Crippen LogP) is 0.970. The van der Waals surface area contributed by atoms with Crippen LogP contribution in [0.15, 0.2) is 45.9 Å². The van der Waals surface area contributed by atoms with Crippen molar-refractivity contribution >= 4 is 15.7 Å². The Morgan fingerprint density at radius 3 is 2.32 bits per heavy atom. The number of anilines is 1. The number of rotatable bonds is 2. The second-order valence-electron chi connectivity index (χ2n) is 4.30. The third-order valence-electron chi connectivity index (χ3n) is 3.09. The van der Waals surface area contributed by atoms with Crippen LogP contribution in [-0.4, -0.2) is 25.3 Å². The van der Waals surface area contributed by atoms with E-state index in [1.807, 2.05) is 0 Å². The van der Waals surface area contributed by atoms with Crippen molar-refractivity contribution in [1.29, 1.82) is 0 Å². The van der Waals surface area contributed by atoms with Crippen LogP contribution < -0.4 is 10.1 Å². The van der Waals surface area contributed by atoms with Crippen LogP contribution in [0, 0.1) is 0 Å². The highest BCUT2D eigenvalue weighted by Gasteiger charge is 2.28. The molecule has 1 aromatic carbocycles. The van der Waals surface area contributed by atoms with E-state index in [1.54, 1.807) is 24.3 Å². The summed E-state index contributed by atoms with van der Waals surface area (Å²) >= 11 is 0. The smallest absolute Gasteiger partial charge is 0.416 e. The zero-order valence-electron chi connectivity index (χ0n) is 10.0. The van der Waals surface area contributed by atoms with E-state index in [-0.39, 0.29) is 5.75 Å². The van der Waals surface area contributed by atoms with Gasteiger partial charge in [0, 0.05) is 6.54 Å². The molecule has 0 bridgehead atoms. The standard InChI is InChI=1S/C12H12N2O4S/c15-12-13(7-8-18-12)10-2-4-11(5-3-10)14-6-1-9-19(14,16)17/h2-5,7-8H,1,6,9H2. The highest BCUT2D eigenvalue weighted by Crippen LogP contribution is 2.24. The molecule has 2 heterocycles. The summed E-state index contributed by atoms with van der Waals surface area (Å²) in [5, 5.41) is 0. The van der Waals surface area contributed by atoms with Gasteiger partial charge >= 0.3 is 5.76 Å². The second-order valence-corrected chi connectivity index (χ2v) is 6.31. The van der Waals surface area contributed by atoms with E-state index in [4.69, 9.17) is 0 Å². The number of oxazole rings is 1. The Morgan fingerprint density at radius 2 is 1.79 bits per heavy atom. The largest absolute Gasteiger partial charge is 0.423 e. The van der Waals surface area contributed by atoms with Crippen molar-refractivity contribution in [2.75, 3.05) is 16.6 Å². The molecule has 1 fully saturated rings. The number of benzene rings is 1. The number of hydrogen-bond donors (Lipinski definition) is 0. The summed E-state index contributed by atoms with van der Waals surface area (Å²) in [4.78, 5) is 11.4. The summed E-state index contributed by atoms with van der Waals surface area (Å²) in [6, 6.07) is 6.77. The quantitative estimate of drug-likeness (QED) is 0.821. The third kappa shape index (κ3) is 2.06. The highest BCUT2D eigenvalue weighted by atomic mass is 32.2. The number of sulfonamides is 1. The molecular formula is C12H12N2O4S. The fraction of sp³-hybridized carbons (Fsp3) is 0.250. The van der Waals surface area contributed by atoms with Crippen molar-refractivity contribution in [3.05, 3.63) is 47.3 Å². The van der Waals surface area contributed by atoms with E-state index < -0.39 is 15.8 Å². The van der Waals surface area contributed by atoms with Gasteiger partial charge in [-0.2, -0.15) is 0 Å². The van der Waals surface area contributed by atoms with Gasteiger partial charge in [-0.1, -0.05) is 0 Å². The summed E-state index contributed by atoms with van der Waals surface area (Å²) in [7, 11) is -3.17. The molecule has 19 heavy (non-hydrogen) atoms. The monoisotopic (exact) mass is 280 g/mol. The lowest BCUT2D eigenvalue weighted by molar-refractivity contribution is 0.504. The molecule has 0 spiro atoms. The van der Waals surface area contributed by atoms with E-state index in [9.17, 15) is 13.2 Å². The van der Waals surface area contributed by atoms with Crippen LogP contribution in [0.25, 0.3) is 5.69 Å². The maximum Gasteiger partial charge on any atom is 0.423 e. The average molecular weight is 280 g/mol. The first-order valence-corrected chi connectivity index (χ1v) is 7.46. The molecule has 7 heteroatoms. The summed E-state index contributed by atoms with van der Waals surface area (Å²) in [5.41, 5.74) is 1.26. The second kappa shape index (κ2) is 4.27. The third-order valence-corrected chi connectivity index (χ3v) is 4.96. The maximum absolute atomic E-state index is 11.8. The van der Waals surface area contributed by atoms with Crippen LogP contribution in [0.2, 0.25) is 0 Å². The predicted molar refractivity (Wildman–Crippen MR) is 70.1 cm³/mol. The van der Waals surface area contributed by atoms with Crippen molar-refractivity contribution in [1.82, 2.24) is 4.57 Å². The van der Waals surface area contributed by atoms with Gasteiger partial charge in [0.15, 0.2) is 0 Å². The summed E-state index contributed by atoms with van der Waals surface area (Å²) in [5.74, 6) is -0.280. The van der Waals surface area contributed by atoms with E-state index in [2.05, 4.69) is 4.42 Å². The van der Waals surface area contributed by atoms with Gasteiger partial charge in [-0.15, -0.1) is 0 Å². The van der Waals surface area contributed by atoms with Crippen molar-refractivity contribution in [2.45, 2.75) is 6.42 Å². The van der Waals surface area contributed by atoms with E-state index in [1.165, 1.54) is 21.3 Å². The Labute approximate surface area is 109 Å². The first-order chi connectivity index (χ1) is 9.08. The van der Waals surface area contributed by atoms with Crippen molar-refractivity contribution < 1.29 is 12.8 Å². The SMILES string of the molecule is O=c1occn1-c1ccc(N2CCCS2(=O)=O)cc1. The molecule has 0 saturated carbocycles. The van der Waals surface area contributed by atoms with Crippen LogP contribution in [0.3, 0.4) is 0 Å². The molecule has 1 aromatic heterocycles. The Bertz CT molecular complexity index is 743. The molecule has 0 unspecified atom stereocenters. The number of hydrogen-bond acceptors (Lipinski definition) is 4. The Hall–Kier alpha value is -2.02. The maximum atomic E-state index is 11.8. The van der Waals surface area contributed by atoms with Crippen molar-refractivity contribution in [2.24, 2.45) is 0 Å². The van der Waals surface area contributed by atoms with Crippen molar-refractivity contribution in [3.8, 4) is 5.69 Å². The Morgan fingerprint density at radius 1 is 1.11 bits per heavy atom. The fourth-order valence-corrected chi connectivity index (χ4v) is 3.73. The summed E-state index contributed by atoms with van der Waals surface area (Å²) in [6.07, 6.45) is 3.47. The normalized spacial score (nSPS) is 17.8. The summed E-state index contributed by atoms with van der Waals surface area (Å²) in [6.45, 7) is 0.507. The van der Waals surface area contributed by atoms with Gasteiger partial charge in [-0.25, -0.2) is 17.8 Å². The molecule has 0 aliphatic carbocycles. The van der Waals surface area contributed by atoms with Crippen LogP contribution in [0.5, 0.6) is 0 Å². The number of aromatic nitrogens is 1. The molecule has 0 radical (unpaired) electrons. The van der Waals surface area contributed by atoms with Crippen LogP contribution in [0.1, 0.15) is 6.42 Å². The van der Waals surface area contributed by atoms with Gasteiger partial charge in [0.1, 0.15) is 6.26 Å². The average Bonchev–Trinajstić information content (AvgIpc) is 2.95. The molecule has 100 valence electrons. The molecular weight excluding hydrogens is 268 g/mol. The van der Waals surface area contributed by atoms with Crippen LogP contribution in [0.4, 0.5) is 5.69 Å². The molecule has 0 atom stereocenters. The molecule has 2 aromatic rings. The molecule has 0 amide bonds.